The third-order valence-corrected chi connectivity index (χ3v) is 2.60. The molecule has 1 aromatic rings. The number of hydrogen-bond donors (Lipinski definition) is 2. The Morgan fingerprint density at radius 1 is 1.35 bits per heavy atom. The highest BCUT2D eigenvalue weighted by Gasteiger charge is 2.13. The molecule has 1 unspecified atom stereocenters. The van der Waals surface area contributed by atoms with E-state index in [9.17, 15) is 4.79 Å². The zero-order valence-electron chi connectivity index (χ0n) is 10.9. The van der Waals surface area contributed by atoms with Crippen LogP contribution in [-0.4, -0.2) is 33.6 Å². The molecule has 0 aliphatic heterocycles. The minimum Gasteiger partial charge on any atom is -0.376 e. The highest BCUT2D eigenvalue weighted by atomic mass is 16.1. The molecule has 0 saturated heterocycles. The number of anilines is 2. The van der Waals surface area contributed by atoms with Gasteiger partial charge in [0.25, 0.3) is 0 Å². The van der Waals surface area contributed by atoms with E-state index in [-0.39, 0.29) is 11.8 Å². The molecule has 0 aliphatic rings. The third-order valence-electron chi connectivity index (χ3n) is 2.60. The van der Waals surface area contributed by atoms with Crippen LogP contribution in [0.2, 0.25) is 0 Å². The molecular formula is C13H21N3O. The number of carbonyl (C=O) groups is 1. The molecule has 4 nitrogen and oxygen atoms in total. The van der Waals surface area contributed by atoms with E-state index in [2.05, 4.69) is 10.6 Å². The zero-order valence-corrected chi connectivity index (χ0v) is 10.9. The zero-order chi connectivity index (χ0) is 12.8. The quantitative estimate of drug-likeness (QED) is 0.814. The molecule has 0 aliphatic carbocycles. The van der Waals surface area contributed by atoms with Crippen LogP contribution in [0.5, 0.6) is 0 Å². The maximum atomic E-state index is 11.9. The molecule has 17 heavy (non-hydrogen) atoms. The fourth-order valence-corrected chi connectivity index (χ4v) is 1.62. The summed E-state index contributed by atoms with van der Waals surface area (Å²) in [5.41, 5.74) is 1.86. The molecule has 0 aromatic heterocycles. The second-order valence-electron chi connectivity index (χ2n) is 4.36. The van der Waals surface area contributed by atoms with Gasteiger partial charge in [0.2, 0.25) is 5.91 Å². The van der Waals surface area contributed by atoms with E-state index < -0.39 is 0 Å². The number of nitrogens with zero attached hydrogens (tertiary/aromatic N) is 1. The van der Waals surface area contributed by atoms with Gasteiger partial charge in [-0.2, -0.15) is 0 Å². The number of rotatable bonds is 5. The normalized spacial score (nSPS) is 12.0. The van der Waals surface area contributed by atoms with Crippen LogP contribution in [0.4, 0.5) is 11.4 Å². The predicted molar refractivity (Wildman–Crippen MR) is 72.5 cm³/mol. The second kappa shape index (κ2) is 6.25. The summed E-state index contributed by atoms with van der Waals surface area (Å²) in [7, 11) is 5.77. The van der Waals surface area contributed by atoms with E-state index in [4.69, 9.17) is 0 Å². The minimum absolute atomic E-state index is 0.0358. The smallest absolute Gasteiger partial charge is 0.228 e. The first-order valence-electron chi connectivity index (χ1n) is 5.78. The molecule has 0 saturated carbocycles. The fourth-order valence-electron chi connectivity index (χ4n) is 1.62. The number of nitrogens with one attached hydrogen (secondary N) is 2. The molecule has 2 N–H and O–H groups in total. The van der Waals surface area contributed by atoms with E-state index in [0.717, 1.165) is 11.4 Å². The van der Waals surface area contributed by atoms with Gasteiger partial charge in [-0.3, -0.25) is 4.79 Å². The lowest BCUT2D eigenvalue weighted by Gasteiger charge is -2.19. The summed E-state index contributed by atoms with van der Waals surface area (Å²) in [5.74, 6) is -0.0103. The number of amides is 1. The van der Waals surface area contributed by atoms with E-state index in [1.807, 2.05) is 57.2 Å². The third kappa shape index (κ3) is 3.75. The Morgan fingerprint density at radius 3 is 2.59 bits per heavy atom. The van der Waals surface area contributed by atoms with Gasteiger partial charge in [-0.25, -0.2) is 0 Å². The Hall–Kier alpha value is -1.55. The van der Waals surface area contributed by atoms with Crippen LogP contribution in [0.3, 0.4) is 0 Å². The van der Waals surface area contributed by atoms with Gasteiger partial charge in [-0.05, 0) is 19.2 Å². The maximum absolute atomic E-state index is 11.9. The molecule has 1 rings (SSSR count). The number of benzene rings is 1. The van der Waals surface area contributed by atoms with Crippen molar-refractivity contribution in [3.05, 3.63) is 24.3 Å². The Morgan fingerprint density at radius 2 is 2.00 bits per heavy atom. The summed E-state index contributed by atoms with van der Waals surface area (Å²) in [4.78, 5) is 13.9. The van der Waals surface area contributed by atoms with E-state index in [1.165, 1.54) is 0 Å². The van der Waals surface area contributed by atoms with Gasteiger partial charge in [-0.15, -0.1) is 0 Å². The maximum Gasteiger partial charge on any atom is 0.228 e. The highest BCUT2D eigenvalue weighted by molar-refractivity contribution is 5.95. The van der Waals surface area contributed by atoms with Gasteiger partial charge >= 0.3 is 0 Å². The van der Waals surface area contributed by atoms with Gasteiger partial charge in [0.05, 0.1) is 11.4 Å². The molecule has 94 valence electrons. The first-order chi connectivity index (χ1) is 8.06. The SMILES string of the molecule is CNCC(C)C(=O)Nc1ccccc1N(C)C. The van der Waals surface area contributed by atoms with Crippen LogP contribution < -0.4 is 15.5 Å². The lowest BCUT2D eigenvalue weighted by atomic mass is 10.1. The molecular weight excluding hydrogens is 214 g/mol. The van der Waals surface area contributed by atoms with Crippen molar-refractivity contribution < 1.29 is 4.79 Å². The average molecular weight is 235 g/mol. The number of para-hydroxylation sites is 2. The standard InChI is InChI=1S/C13H21N3O/c1-10(9-14-2)13(17)15-11-7-5-6-8-12(11)16(3)4/h5-8,10,14H,9H2,1-4H3,(H,15,17). The van der Waals surface area contributed by atoms with Crippen LogP contribution in [0.25, 0.3) is 0 Å². The largest absolute Gasteiger partial charge is 0.376 e. The topological polar surface area (TPSA) is 44.4 Å². The second-order valence-corrected chi connectivity index (χ2v) is 4.36. The number of hydrogen-bond acceptors (Lipinski definition) is 3. The lowest BCUT2D eigenvalue weighted by Crippen LogP contribution is -2.29. The first-order valence-corrected chi connectivity index (χ1v) is 5.78. The van der Waals surface area contributed by atoms with Crippen molar-refractivity contribution in [1.29, 1.82) is 0 Å². The van der Waals surface area contributed by atoms with Crippen molar-refractivity contribution in [1.82, 2.24) is 5.32 Å². The monoisotopic (exact) mass is 235 g/mol. The minimum atomic E-state index is -0.0461. The van der Waals surface area contributed by atoms with Crippen molar-refractivity contribution in [2.24, 2.45) is 5.92 Å². The van der Waals surface area contributed by atoms with Gasteiger partial charge in [0.15, 0.2) is 0 Å². The van der Waals surface area contributed by atoms with Crippen molar-refractivity contribution >= 4 is 17.3 Å². The highest BCUT2D eigenvalue weighted by Crippen LogP contribution is 2.23. The van der Waals surface area contributed by atoms with Crippen molar-refractivity contribution in [3.63, 3.8) is 0 Å². The molecule has 1 atom stereocenters. The van der Waals surface area contributed by atoms with Crippen LogP contribution in [0.1, 0.15) is 6.92 Å². The summed E-state index contributed by atoms with van der Waals surface area (Å²) in [6.07, 6.45) is 0. The van der Waals surface area contributed by atoms with Crippen molar-refractivity contribution in [2.75, 3.05) is 37.9 Å². The van der Waals surface area contributed by atoms with Gasteiger partial charge in [-0.1, -0.05) is 19.1 Å². The van der Waals surface area contributed by atoms with Crippen LogP contribution >= 0.6 is 0 Å². The summed E-state index contributed by atoms with van der Waals surface area (Å²) in [6, 6.07) is 7.78. The molecule has 0 heterocycles. The Balaban J connectivity index is 2.77. The molecule has 0 bridgehead atoms. The van der Waals surface area contributed by atoms with Crippen LogP contribution in [-0.2, 0) is 4.79 Å². The Labute approximate surface area is 103 Å². The molecule has 1 amide bonds. The first kappa shape index (κ1) is 13.5. The fraction of sp³-hybridized carbons (Fsp3) is 0.462. The van der Waals surface area contributed by atoms with Gasteiger partial charge in [0, 0.05) is 26.6 Å². The number of carbonyl (C=O) groups excluding carboxylic acids is 1. The predicted octanol–water partition coefficient (Wildman–Crippen LogP) is 1.55. The van der Waals surface area contributed by atoms with Crippen molar-refractivity contribution in [2.45, 2.75) is 6.92 Å². The summed E-state index contributed by atoms with van der Waals surface area (Å²) >= 11 is 0. The lowest BCUT2D eigenvalue weighted by molar-refractivity contribution is -0.119. The summed E-state index contributed by atoms with van der Waals surface area (Å²) < 4.78 is 0. The molecule has 0 radical (unpaired) electrons. The van der Waals surface area contributed by atoms with E-state index >= 15 is 0 Å². The average Bonchev–Trinajstić information content (AvgIpc) is 2.29. The molecule has 0 fully saturated rings. The molecule has 4 heteroatoms. The van der Waals surface area contributed by atoms with Gasteiger partial charge in [0.1, 0.15) is 0 Å². The summed E-state index contributed by atoms with van der Waals surface area (Å²) in [5, 5.41) is 5.96. The summed E-state index contributed by atoms with van der Waals surface area (Å²) in [6.45, 7) is 2.58. The Kier molecular flexibility index (Phi) is 4.97. The van der Waals surface area contributed by atoms with E-state index in [0.29, 0.717) is 6.54 Å². The molecule has 0 spiro atoms. The molecule has 1 aromatic carbocycles. The van der Waals surface area contributed by atoms with Gasteiger partial charge < -0.3 is 15.5 Å². The Bertz CT molecular complexity index is 377. The van der Waals surface area contributed by atoms with Crippen LogP contribution in [0.15, 0.2) is 24.3 Å². The van der Waals surface area contributed by atoms with Crippen LogP contribution in [0, 0.1) is 5.92 Å². The van der Waals surface area contributed by atoms with E-state index in [1.54, 1.807) is 0 Å². The van der Waals surface area contributed by atoms with Crippen molar-refractivity contribution in [3.8, 4) is 0 Å².